The lowest BCUT2D eigenvalue weighted by atomic mass is 9.99. The first-order chi connectivity index (χ1) is 12.8. The van der Waals surface area contributed by atoms with Gasteiger partial charge in [0.05, 0.1) is 18.2 Å². The molecule has 0 amide bonds. The Bertz CT molecular complexity index is 915. The molecular formula is C21H17Cl2NO2. The van der Waals surface area contributed by atoms with Gasteiger partial charge in [-0.05, 0) is 23.3 Å². The number of fused-ring (bicyclic) bond motifs is 1. The molecule has 0 fully saturated rings. The second-order valence-corrected chi connectivity index (χ2v) is 6.83. The van der Waals surface area contributed by atoms with Crippen LogP contribution in [0.5, 0.6) is 5.75 Å². The number of nitrogens with zero attached hydrogens (tertiary/aromatic N) is 1. The van der Waals surface area contributed by atoms with E-state index in [1.54, 1.807) is 0 Å². The highest BCUT2D eigenvalue weighted by atomic mass is 35.5. The van der Waals surface area contributed by atoms with Crippen LogP contribution in [0.25, 0.3) is 0 Å². The average molecular weight is 386 g/mol. The lowest BCUT2D eigenvalue weighted by molar-refractivity contribution is 0.0923. The van der Waals surface area contributed by atoms with Crippen molar-refractivity contribution < 1.29 is 9.47 Å². The van der Waals surface area contributed by atoms with Crippen LogP contribution in [0.1, 0.15) is 34.1 Å². The Hall–Kier alpha value is -2.07. The molecule has 3 nitrogen and oxygen atoms in total. The van der Waals surface area contributed by atoms with E-state index in [-0.39, 0.29) is 12.0 Å². The highest BCUT2D eigenvalue weighted by Crippen LogP contribution is 2.43. The van der Waals surface area contributed by atoms with Crippen molar-refractivity contribution >= 4 is 23.2 Å². The lowest BCUT2D eigenvalue weighted by Crippen LogP contribution is -2.07. The van der Waals surface area contributed by atoms with Crippen molar-refractivity contribution in [2.45, 2.75) is 25.2 Å². The monoisotopic (exact) mass is 385 g/mol. The molecule has 1 aliphatic heterocycles. The summed E-state index contributed by atoms with van der Waals surface area (Å²) in [6.45, 7) is 0.939. The number of benzene rings is 2. The average Bonchev–Trinajstić information content (AvgIpc) is 3.11. The standard InChI is InChI=1S/C21H17Cl2NO2/c22-10-18-21(25-12-14-5-2-1-3-6-14)19-16(11-24-18)13-26-20(19)15-7-4-8-17(23)9-15/h1-9,11,20H,10,12-13H2. The lowest BCUT2D eigenvalue weighted by Gasteiger charge is -2.18. The summed E-state index contributed by atoms with van der Waals surface area (Å²) in [5.74, 6) is 0.989. The van der Waals surface area contributed by atoms with Gasteiger partial charge in [-0.15, -0.1) is 11.6 Å². The summed E-state index contributed by atoms with van der Waals surface area (Å²) in [5, 5.41) is 0.679. The smallest absolute Gasteiger partial charge is 0.149 e. The Morgan fingerprint density at radius 3 is 2.73 bits per heavy atom. The molecule has 0 spiro atoms. The van der Waals surface area contributed by atoms with Crippen LogP contribution in [0.3, 0.4) is 0 Å². The molecule has 4 rings (SSSR count). The summed E-state index contributed by atoms with van der Waals surface area (Å²) in [6.07, 6.45) is 1.59. The maximum atomic E-state index is 6.18. The molecule has 0 aliphatic carbocycles. The summed E-state index contributed by atoms with van der Waals surface area (Å²) < 4.78 is 12.2. The van der Waals surface area contributed by atoms with E-state index in [4.69, 9.17) is 32.7 Å². The van der Waals surface area contributed by atoms with Crippen LogP contribution >= 0.6 is 23.2 Å². The van der Waals surface area contributed by atoms with Gasteiger partial charge in [-0.2, -0.15) is 0 Å². The third kappa shape index (κ3) is 3.43. The predicted octanol–water partition coefficient (Wildman–Crippen LogP) is 5.67. The maximum Gasteiger partial charge on any atom is 0.149 e. The summed E-state index contributed by atoms with van der Waals surface area (Å²) in [5.41, 5.74) is 4.82. The molecule has 2 aromatic carbocycles. The fraction of sp³-hybridized carbons (Fsp3) is 0.190. The van der Waals surface area contributed by atoms with Gasteiger partial charge in [-0.25, -0.2) is 0 Å². The molecule has 132 valence electrons. The normalized spacial score (nSPS) is 15.7. The Morgan fingerprint density at radius 1 is 1.12 bits per heavy atom. The Labute approximate surface area is 162 Å². The Balaban J connectivity index is 1.72. The number of rotatable bonds is 5. The second kappa shape index (κ2) is 7.67. The van der Waals surface area contributed by atoms with E-state index in [9.17, 15) is 0 Å². The van der Waals surface area contributed by atoms with Gasteiger partial charge in [0.2, 0.25) is 0 Å². The largest absolute Gasteiger partial charge is 0.487 e. The second-order valence-electron chi connectivity index (χ2n) is 6.13. The van der Waals surface area contributed by atoms with Crippen molar-refractivity contribution in [2.24, 2.45) is 0 Å². The van der Waals surface area contributed by atoms with E-state index < -0.39 is 0 Å². The van der Waals surface area contributed by atoms with E-state index in [0.717, 1.165) is 27.9 Å². The number of alkyl halides is 1. The number of hydrogen-bond acceptors (Lipinski definition) is 3. The number of halogens is 2. The molecule has 3 aromatic rings. The van der Waals surface area contributed by atoms with Gasteiger partial charge in [0.15, 0.2) is 0 Å². The van der Waals surface area contributed by atoms with Crippen LogP contribution < -0.4 is 4.74 Å². The van der Waals surface area contributed by atoms with Crippen LogP contribution in [0.15, 0.2) is 60.8 Å². The highest BCUT2D eigenvalue weighted by Gasteiger charge is 2.31. The SMILES string of the molecule is ClCc1ncc2c(c1OCc1ccccc1)C(c1cccc(Cl)c1)OC2. The third-order valence-corrected chi connectivity index (χ3v) is 4.89. The Kier molecular flexibility index (Phi) is 5.11. The van der Waals surface area contributed by atoms with Crippen LogP contribution in [0.2, 0.25) is 5.02 Å². The fourth-order valence-electron chi connectivity index (χ4n) is 3.16. The van der Waals surface area contributed by atoms with Crippen molar-refractivity contribution in [3.63, 3.8) is 0 Å². The molecule has 2 heterocycles. The number of hydrogen-bond donors (Lipinski definition) is 0. The minimum absolute atomic E-state index is 0.237. The van der Waals surface area contributed by atoms with Gasteiger partial charge in [0.25, 0.3) is 0 Å². The van der Waals surface area contributed by atoms with E-state index in [2.05, 4.69) is 4.98 Å². The van der Waals surface area contributed by atoms with Crippen LogP contribution in [0.4, 0.5) is 0 Å². The van der Waals surface area contributed by atoms with Gasteiger partial charge >= 0.3 is 0 Å². The number of pyridine rings is 1. The Morgan fingerprint density at radius 2 is 1.96 bits per heavy atom. The summed E-state index contributed by atoms with van der Waals surface area (Å²) in [4.78, 5) is 4.46. The molecule has 1 unspecified atom stereocenters. The topological polar surface area (TPSA) is 31.4 Å². The quantitative estimate of drug-likeness (QED) is 0.530. The van der Waals surface area contributed by atoms with E-state index in [1.807, 2.05) is 60.8 Å². The molecule has 0 bridgehead atoms. The van der Waals surface area contributed by atoms with Crippen LogP contribution in [-0.2, 0) is 23.8 Å². The van der Waals surface area contributed by atoms with Crippen molar-refractivity contribution in [3.8, 4) is 5.75 Å². The zero-order valence-electron chi connectivity index (χ0n) is 14.0. The third-order valence-electron chi connectivity index (χ3n) is 4.40. The van der Waals surface area contributed by atoms with Gasteiger partial charge in [-0.1, -0.05) is 54.1 Å². The van der Waals surface area contributed by atoms with Crippen molar-refractivity contribution in [1.82, 2.24) is 4.98 Å². The van der Waals surface area contributed by atoms with Crippen molar-refractivity contribution in [3.05, 3.63) is 93.8 Å². The zero-order chi connectivity index (χ0) is 17.9. The minimum atomic E-state index is -0.237. The van der Waals surface area contributed by atoms with E-state index in [0.29, 0.717) is 24.0 Å². The first-order valence-corrected chi connectivity index (χ1v) is 9.28. The van der Waals surface area contributed by atoms with Crippen LogP contribution in [0, 0.1) is 0 Å². The predicted molar refractivity (Wildman–Crippen MR) is 103 cm³/mol. The van der Waals surface area contributed by atoms with Crippen molar-refractivity contribution in [2.75, 3.05) is 0 Å². The molecule has 26 heavy (non-hydrogen) atoms. The molecule has 1 aromatic heterocycles. The molecule has 0 N–H and O–H groups in total. The molecule has 1 aliphatic rings. The molecule has 0 saturated carbocycles. The minimum Gasteiger partial charge on any atom is -0.487 e. The summed E-state index contributed by atoms with van der Waals surface area (Å²) in [7, 11) is 0. The maximum absolute atomic E-state index is 6.18. The number of ether oxygens (including phenoxy) is 2. The van der Waals surface area contributed by atoms with Crippen LogP contribution in [-0.4, -0.2) is 4.98 Å². The molecule has 0 radical (unpaired) electrons. The highest BCUT2D eigenvalue weighted by molar-refractivity contribution is 6.30. The van der Waals surface area contributed by atoms with Gasteiger partial charge < -0.3 is 9.47 Å². The molecule has 0 saturated heterocycles. The van der Waals surface area contributed by atoms with E-state index in [1.165, 1.54) is 0 Å². The summed E-state index contributed by atoms with van der Waals surface area (Å²) >= 11 is 12.3. The molecule has 1 atom stereocenters. The van der Waals surface area contributed by atoms with Gasteiger partial charge in [-0.3, -0.25) is 4.98 Å². The van der Waals surface area contributed by atoms with Crippen molar-refractivity contribution in [1.29, 1.82) is 0 Å². The first kappa shape index (κ1) is 17.3. The fourth-order valence-corrected chi connectivity index (χ4v) is 3.55. The van der Waals surface area contributed by atoms with E-state index >= 15 is 0 Å². The van der Waals surface area contributed by atoms with Gasteiger partial charge in [0, 0.05) is 22.3 Å². The van der Waals surface area contributed by atoms with Gasteiger partial charge in [0.1, 0.15) is 18.5 Å². The zero-order valence-corrected chi connectivity index (χ0v) is 15.5. The molecular weight excluding hydrogens is 369 g/mol. The molecule has 5 heteroatoms. The summed E-state index contributed by atoms with van der Waals surface area (Å²) in [6, 6.07) is 17.7. The first-order valence-electron chi connectivity index (χ1n) is 8.36. The number of aromatic nitrogens is 1.